The number of imidazole rings is 1. The maximum atomic E-state index is 5.72. The van der Waals surface area contributed by atoms with Gasteiger partial charge in [0.05, 0.1) is 23.6 Å². The zero-order chi connectivity index (χ0) is 13.4. The monoisotopic (exact) mass is 366 g/mol. The molecule has 0 amide bonds. The third-order valence-electron chi connectivity index (χ3n) is 2.70. The van der Waals surface area contributed by atoms with E-state index in [9.17, 15) is 0 Å². The Morgan fingerprint density at radius 3 is 3.05 bits per heavy atom. The molecule has 0 aliphatic rings. The number of aromatic amines is 1. The van der Waals surface area contributed by atoms with Crippen molar-refractivity contribution in [2.75, 3.05) is 5.73 Å². The molecule has 3 rings (SSSR count). The van der Waals surface area contributed by atoms with Gasteiger partial charge in [0.2, 0.25) is 5.95 Å². The number of hydrogen-bond acceptors (Lipinski definition) is 4. The molecule has 96 valence electrons. The number of nitrogens with zero attached hydrogens (tertiary/aromatic N) is 4. The molecular weight excluding hydrogens is 355 g/mol. The van der Waals surface area contributed by atoms with Crippen LogP contribution >= 0.6 is 22.6 Å². The molecule has 1 aromatic carbocycles. The first-order chi connectivity index (χ1) is 9.13. The minimum atomic E-state index is 0.379. The van der Waals surface area contributed by atoms with Crippen molar-refractivity contribution < 1.29 is 0 Å². The van der Waals surface area contributed by atoms with E-state index in [1.807, 2.05) is 25.1 Å². The van der Waals surface area contributed by atoms with Crippen molar-refractivity contribution in [2.45, 2.75) is 6.92 Å². The zero-order valence-corrected chi connectivity index (χ0v) is 12.3. The number of nitrogens with two attached hydrogens (primary N) is 1. The Morgan fingerprint density at radius 1 is 1.47 bits per heavy atom. The highest BCUT2D eigenvalue weighted by atomic mass is 127. The third kappa shape index (κ3) is 2.33. The molecule has 0 saturated heterocycles. The van der Waals surface area contributed by atoms with Gasteiger partial charge < -0.3 is 5.73 Å². The van der Waals surface area contributed by atoms with Crippen molar-refractivity contribution in [3.05, 3.63) is 39.4 Å². The smallest absolute Gasteiger partial charge is 0.221 e. The lowest BCUT2D eigenvalue weighted by atomic mass is 10.2. The average Bonchev–Trinajstić information content (AvgIpc) is 2.90. The second-order valence-electron chi connectivity index (χ2n) is 4.14. The van der Waals surface area contributed by atoms with Crippen molar-refractivity contribution in [1.82, 2.24) is 19.9 Å². The summed E-state index contributed by atoms with van der Waals surface area (Å²) in [4.78, 5) is 4.09. The molecular formula is C12H11IN6. The minimum Gasteiger partial charge on any atom is -0.368 e. The van der Waals surface area contributed by atoms with Gasteiger partial charge in [-0.3, -0.25) is 5.10 Å². The van der Waals surface area contributed by atoms with E-state index < -0.39 is 0 Å². The molecule has 2 aromatic heterocycles. The molecule has 0 fully saturated rings. The van der Waals surface area contributed by atoms with Gasteiger partial charge >= 0.3 is 0 Å². The highest BCUT2D eigenvalue weighted by Crippen LogP contribution is 2.18. The first-order valence-electron chi connectivity index (χ1n) is 5.63. The van der Waals surface area contributed by atoms with Crippen LogP contribution in [0.15, 0.2) is 29.5 Å². The van der Waals surface area contributed by atoms with Gasteiger partial charge in [0.1, 0.15) is 3.70 Å². The highest BCUT2D eigenvalue weighted by Gasteiger charge is 2.03. The normalized spacial score (nSPS) is 11.7. The van der Waals surface area contributed by atoms with Gasteiger partial charge in [0.25, 0.3) is 0 Å². The summed E-state index contributed by atoms with van der Waals surface area (Å²) in [6.45, 7) is 1.88. The standard InChI is InChI=1S/C12H11IN6/c1-7-6-19(12(14)16-7)15-5-8-2-3-9-10(4-8)17-18-11(9)13/h2-6H,1H3,(H2,14,16)(H,17,18). The highest BCUT2D eigenvalue weighted by molar-refractivity contribution is 14.1. The third-order valence-corrected chi connectivity index (χ3v) is 3.52. The largest absolute Gasteiger partial charge is 0.368 e. The summed E-state index contributed by atoms with van der Waals surface area (Å²) < 4.78 is 2.58. The lowest BCUT2D eigenvalue weighted by Gasteiger charge is -1.96. The van der Waals surface area contributed by atoms with E-state index in [1.165, 1.54) is 0 Å². The Balaban J connectivity index is 1.94. The summed E-state index contributed by atoms with van der Waals surface area (Å²) in [7, 11) is 0. The van der Waals surface area contributed by atoms with Crippen LogP contribution < -0.4 is 5.73 Å². The molecule has 3 N–H and O–H groups in total. The van der Waals surface area contributed by atoms with Gasteiger partial charge in [-0.1, -0.05) is 6.07 Å². The fourth-order valence-electron chi connectivity index (χ4n) is 1.80. The second-order valence-corrected chi connectivity index (χ2v) is 5.22. The molecule has 0 atom stereocenters. The average molecular weight is 366 g/mol. The van der Waals surface area contributed by atoms with Crippen molar-refractivity contribution in [3.8, 4) is 0 Å². The molecule has 3 aromatic rings. The number of H-pyrrole nitrogens is 1. The Kier molecular flexibility index (Phi) is 2.97. The maximum absolute atomic E-state index is 5.72. The number of fused-ring (bicyclic) bond motifs is 1. The molecule has 0 unspecified atom stereocenters. The van der Waals surface area contributed by atoms with Crippen molar-refractivity contribution >= 4 is 45.7 Å². The topological polar surface area (TPSA) is 84.9 Å². The van der Waals surface area contributed by atoms with Crippen LogP contribution in [0.25, 0.3) is 10.9 Å². The van der Waals surface area contributed by atoms with Crippen LogP contribution in [0, 0.1) is 10.6 Å². The molecule has 0 aliphatic carbocycles. The van der Waals surface area contributed by atoms with Gasteiger partial charge in [-0.15, -0.1) is 0 Å². The number of anilines is 1. The molecule has 7 heteroatoms. The van der Waals surface area contributed by atoms with Crippen LogP contribution in [0.1, 0.15) is 11.3 Å². The SMILES string of the molecule is Cc1cn(N=Cc2ccc3c(I)[nH]nc3c2)c(N)n1. The molecule has 6 nitrogen and oxygen atoms in total. The fraction of sp³-hybridized carbons (Fsp3) is 0.0833. The maximum Gasteiger partial charge on any atom is 0.221 e. The number of halogens is 1. The fourth-order valence-corrected chi connectivity index (χ4v) is 2.38. The molecule has 0 bridgehead atoms. The number of aromatic nitrogens is 4. The quantitative estimate of drug-likeness (QED) is 0.538. The molecule has 0 saturated carbocycles. The summed E-state index contributed by atoms with van der Waals surface area (Å²) in [5.41, 5.74) is 8.44. The Bertz CT molecular complexity index is 770. The van der Waals surface area contributed by atoms with Crippen molar-refractivity contribution in [2.24, 2.45) is 5.10 Å². The van der Waals surface area contributed by atoms with Crippen LogP contribution in [0.2, 0.25) is 0 Å². The summed E-state index contributed by atoms with van der Waals surface area (Å²) in [5, 5.41) is 12.5. The number of nitrogen functional groups attached to an aromatic ring is 1. The molecule has 0 spiro atoms. The predicted molar refractivity (Wildman–Crippen MR) is 83.2 cm³/mol. The van der Waals surface area contributed by atoms with E-state index in [0.717, 1.165) is 25.9 Å². The predicted octanol–water partition coefficient (Wildman–Crippen LogP) is 2.14. The van der Waals surface area contributed by atoms with Gasteiger partial charge in [-0.25, -0.2) is 9.66 Å². The summed E-state index contributed by atoms with van der Waals surface area (Å²) in [6, 6.07) is 5.98. The Hall–Kier alpha value is -1.90. The molecule has 2 heterocycles. The van der Waals surface area contributed by atoms with Gasteiger partial charge in [0, 0.05) is 5.39 Å². The number of benzene rings is 1. The van der Waals surface area contributed by atoms with Crippen LogP contribution in [0.4, 0.5) is 5.95 Å². The number of rotatable bonds is 2. The van der Waals surface area contributed by atoms with E-state index in [0.29, 0.717) is 5.95 Å². The van der Waals surface area contributed by atoms with E-state index >= 15 is 0 Å². The van der Waals surface area contributed by atoms with E-state index in [4.69, 9.17) is 5.73 Å². The van der Waals surface area contributed by atoms with Crippen LogP contribution in [-0.2, 0) is 0 Å². The second kappa shape index (κ2) is 4.65. The van der Waals surface area contributed by atoms with Crippen LogP contribution in [0.5, 0.6) is 0 Å². The van der Waals surface area contributed by atoms with Crippen molar-refractivity contribution in [1.29, 1.82) is 0 Å². The number of aryl methyl sites for hydroxylation is 1. The molecule has 0 aliphatic heterocycles. The van der Waals surface area contributed by atoms with Crippen LogP contribution in [-0.4, -0.2) is 26.1 Å². The van der Waals surface area contributed by atoms with E-state index in [-0.39, 0.29) is 0 Å². The first-order valence-corrected chi connectivity index (χ1v) is 6.71. The summed E-state index contributed by atoms with van der Waals surface area (Å²) in [6.07, 6.45) is 3.51. The van der Waals surface area contributed by atoms with Crippen LogP contribution in [0.3, 0.4) is 0 Å². The summed E-state index contributed by atoms with van der Waals surface area (Å²) in [5.74, 6) is 0.379. The Morgan fingerprint density at radius 2 is 2.32 bits per heavy atom. The lowest BCUT2D eigenvalue weighted by molar-refractivity contribution is 0.897. The number of nitrogens with one attached hydrogen (secondary N) is 1. The summed E-state index contributed by atoms with van der Waals surface area (Å²) >= 11 is 2.22. The van der Waals surface area contributed by atoms with Gasteiger partial charge in [-0.05, 0) is 47.2 Å². The lowest BCUT2D eigenvalue weighted by Crippen LogP contribution is -1.96. The van der Waals surface area contributed by atoms with Crippen molar-refractivity contribution in [3.63, 3.8) is 0 Å². The number of hydrogen-bond donors (Lipinski definition) is 2. The minimum absolute atomic E-state index is 0.379. The van der Waals surface area contributed by atoms with E-state index in [1.54, 1.807) is 17.1 Å². The Labute approximate surface area is 122 Å². The van der Waals surface area contributed by atoms with Gasteiger partial charge in [0.15, 0.2) is 0 Å². The zero-order valence-electron chi connectivity index (χ0n) is 10.1. The van der Waals surface area contributed by atoms with E-state index in [2.05, 4.69) is 42.9 Å². The first kappa shape index (κ1) is 12.2. The molecule has 0 radical (unpaired) electrons. The van der Waals surface area contributed by atoms with Gasteiger partial charge in [-0.2, -0.15) is 10.2 Å². The molecule has 19 heavy (non-hydrogen) atoms.